The minimum atomic E-state index is -1.07. The summed E-state index contributed by atoms with van der Waals surface area (Å²) in [5, 5.41) is 13.1. The Kier molecular flexibility index (Phi) is 6.27. The molecule has 1 fully saturated rings. The Hall–Kier alpha value is -2.20. The van der Waals surface area contributed by atoms with Crippen LogP contribution in [0.4, 0.5) is 14.5 Å². The second-order valence-corrected chi connectivity index (χ2v) is 8.11. The van der Waals surface area contributed by atoms with Crippen LogP contribution in [0.2, 0.25) is 0 Å². The van der Waals surface area contributed by atoms with E-state index in [2.05, 4.69) is 10.3 Å². The molecule has 1 saturated heterocycles. The highest BCUT2D eigenvalue weighted by Crippen LogP contribution is 2.26. The lowest BCUT2D eigenvalue weighted by atomic mass is 10.2. The van der Waals surface area contributed by atoms with Gasteiger partial charge in [-0.3, -0.25) is 4.79 Å². The van der Waals surface area contributed by atoms with Gasteiger partial charge in [-0.25, -0.2) is 18.6 Å². The lowest BCUT2D eigenvalue weighted by Gasteiger charge is -2.25. The first-order chi connectivity index (χ1) is 13.0. The SMILES string of the molecule is O=C(O)c1csc(SCCN2C(=O)CCC2CNc2c(F)cccc2F)n1. The summed E-state index contributed by atoms with van der Waals surface area (Å²) >= 11 is 2.62. The average Bonchev–Trinajstić information content (AvgIpc) is 3.23. The number of likely N-dealkylation sites (tertiary alicyclic amines) is 1. The van der Waals surface area contributed by atoms with Crippen LogP contribution in [0.3, 0.4) is 0 Å². The number of nitrogens with zero attached hydrogens (tertiary/aromatic N) is 2. The Morgan fingerprint density at radius 2 is 2.15 bits per heavy atom. The second kappa shape index (κ2) is 8.66. The third kappa shape index (κ3) is 4.75. The zero-order chi connectivity index (χ0) is 19.4. The van der Waals surface area contributed by atoms with Gasteiger partial charge in [-0.05, 0) is 18.6 Å². The average molecular weight is 413 g/mol. The van der Waals surface area contributed by atoms with Crippen LogP contribution in [0.1, 0.15) is 23.3 Å². The maximum atomic E-state index is 13.7. The lowest BCUT2D eigenvalue weighted by Crippen LogP contribution is -2.39. The molecule has 1 aliphatic rings. The van der Waals surface area contributed by atoms with Gasteiger partial charge in [0.1, 0.15) is 17.3 Å². The molecule has 3 rings (SSSR count). The van der Waals surface area contributed by atoms with Gasteiger partial charge >= 0.3 is 5.97 Å². The number of carboxylic acids is 1. The van der Waals surface area contributed by atoms with E-state index in [9.17, 15) is 18.4 Å². The molecular weight excluding hydrogens is 396 g/mol. The van der Waals surface area contributed by atoms with E-state index in [0.29, 0.717) is 29.5 Å². The van der Waals surface area contributed by atoms with Crippen molar-refractivity contribution < 1.29 is 23.5 Å². The van der Waals surface area contributed by atoms with Gasteiger partial charge in [-0.2, -0.15) is 0 Å². The summed E-state index contributed by atoms with van der Waals surface area (Å²) in [5.74, 6) is -1.84. The fourth-order valence-electron chi connectivity index (χ4n) is 2.85. The molecule has 0 bridgehead atoms. The molecule has 1 amide bonds. The third-order valence-corrected chi connectivity index (χ3v) is 6.19. The van der Waals surface area contributed by atoms with E-state index in [1.165, 1.54) is 46.7 Å². The van der Waals surface area contributed by atoms with Crippen LogP contribution in [0.25, 0.3) is 0 Å². The predicted molar refractivity (Wildman–Crippen MR) is 99.4 cm³/mol. The molecule has 0 spiro atoms. The number of halogens is 2. The summed E-state index contributed by atoms with van der Waals surface area (Å²) in [4.78, 5) is 28.6. The molecule has 1 unspecified atom stereocenters. The van der Waals surface area contributed by atoms with Crippen LogP contribution in [0.5, 0.6) is 0 Å². The van der Waals surface area contributed by atoms with Crippen molar-refractivity contribution in [1.29, 1.82) is 0 Å². The molecule has 6 nitrogen and oxygen atoms in total. The van der Waals surface area contributed by atoms with Gasteiger partial charge in [-0.15, -0.1) is 11.3 Å². The topological polar surface area (TPSA) is 82.5 Å². The van der Waals surface area contributed by atoms with Crippen LogP contribution in [-0.2, 0) is 4.79 Å². The molecule has 2 heterocycles. The van der Waals surface area contributed by atoms with Crippen LogP contribution < -0.4 is 5.32 Å². The number of para-hydroxylation sites is 1. The van der Waals surface area contributed by atoms with Gasteiger partial charge in [0.25, 0.3) is 0 Å². The van der Waals surface area contributed by atoms with Crippen molar-refractivity contribution in [2.24, 2.45) is 0 Å². The molecular formula is C17H17F2N3O3S2. The molecule has 0 radical (unpaired) electrons. The number of aromatic nitrogens is 1. The van der Waals surface area contributed by atoms with E-state index in [-0.39, 0.29) is 29.9 Å². The van der Waals surface area contributed by atoms with Gasteiger partial charge < -0.3 is 15.3 Å². The van der Waals surface area contributed by atoms with E-state index in [4.69, 9.17) is 5.11 Å². The molecule has 1 aromatic heterocycles. The molecule has 1 atom stereocenters. The van der Waals surface area contributed by atoms with Crippen molar-refractivity contribution in [3.63, 3.8) is 0 Å². The number of thiazole rings is 1. The van der Waals surface area contributed by atoms with E-state index in [0.717, 1.165) is 0 Å². The number of carbonyl (C=O) groups is 2. The normalized spacial score (nSPS) is 16.7. The van der Waals surface area contributed by atoms with Crippen LogP contribution in [-0.4, -0.2) is 51.8 Å². The van der Waals surface area contributed by atoms with Gasteiger partial charge in [0.15, 0.2) is 10.0 Å². The maximum absolute atomic E-state index is 13.7. The highest BCUT2D eigenvalue weighted by molar-refractivity contribution is 8.01. The largest absolute Gasteiger partial charge is 0.476 e. The summed E-state index contributed by atoms with van der Waals surface area (Å²) in [7, 11) is 0. The van der Waals surface area contributed by atoms with E-state index in [1.54, 1.807) is 4.90 Å². The summed E-state index contributed by atoms with van der Waals surface area (Å²) in [5.41, 5.74) is -0.177. The van der Waals surface area contributed by atoms with Crippen LogP contribution in [0.15, 0.2) is 27.9 Å². The molecule has 27 heavy (non-hydrogen) atoms. The number of carboxylic acid groups (broad SMARTS) is 1. The zero-order valence-electron chi connectivity index (χ0n) is 14.2. The number of nitrogens with one attached hydrogen (secondary N) is 1. The van der Waals surface area contributed by atoms with Crippen LogP contribution >= 0.6 is 23.1 Å². The van der Waals surface area contributed by atoms with E-state index < -0.39 is 17.6 Å². The third-order valence-electron chi connectivity index (χ3n) is 4.19. The summed E-state index contributed by atoms with van der Waals surface area (Å²) in [6.45, 7) is 0.715. The molecule has 1 aromatic carbocycles. The summed E-state index contributed by atoms with van der Waals surface area (Å²) in [6.07, 6.45) is 1.02. The van der Waals surface area contributed by atoms with Gasteiger partial charge in [-0.1, -0.05) is 17.8 Å². The molecule has 2 aromatic rings. The van der Waals surface area contributed by atoms with Gasteiger partial charge in [0.2, 0.25) is 5.91 Å². The molecule has 0 saturated carbocycles. The first-order valence-electron chi connectivity index (χ1n) is 8.24. The minimum Gasteiger partial charge on any atom is -0.476 e. The summed E-state index contributed by atoms with van der Waals surface area (Å²) < 4.78 is 28.1. The van der Waals surface area contributed by atoms with Crippen molar-refractivity contribution in [2.75, 3.05) is 24.2 Å². The number of carbonyl (C=O) groups excluding carboxylic acids is 1. The smallest absolute Gasteiger partial charge is 0.355 e. The zero-order valence-corrected chi connectivity index (χ0v) is 15.8. The number of aromatic carboxylic acids is 1. The second-order valence-electron chi connectivity index (χ2n) is 5.91. The highest BCUT2D eigenvalue weighted by Gasteiger charge is 2.30. The Bertz CT molecular complexity index is 826. The van der Waals surface area contributed by atoms with Crippen molar-refractivity contribution >= 4 is 40.7 Å². The molecule has 2 N–H and O–H groups in total. The number of thioether (sulfide) groups is 1. The summed E-state index contributed by atoms with van der Waals surface area (Å²) in [6, 6.07) is 3.51. The van der Waals surface area contributed by atoms with E-state index in [1.807, 2.05) is 0 Å². The Balaban J connectivity index is 1.53. The maximum Gasteiger partial charge on any atom is 0.355 e. The van der Waals surface area contributed by atoms with Crippen LogP contribution in [0, 0.1) is 11.6 Å². The van der Waals surface area contributed by atoms with Crippen molar-refractivity contribution in [2.45, 2.75) is 23.2 Å². The highest BCUT2D eigenvalue weighted by atomic mass is 32.2. The predicted octanol–water partition coefficient (Wildman–Crippen LogP) is 3.31. The van der Waals surface area contributed by atoms with Gasteiger partial charge in [0.05, 0.1) is 0 Å². The van der Waals surface area contributed by atoms with Crippen molar-refractivity contribution in [3.05, 3.63) is 40.9 Å². The first kappa shape index (κ1) is 19.6. The van der Waals surface area contributed by atoms with Gasteiger partial charge in [0, 0.05) is 36.7 Å². The lowest BCUT2D eigenvalue weighted by molar-refractivity contribution is -0.128. The van der Waals surface area contributed by atoms with Crippen molar-refractivity contribution in [1.82, 2.24) is 9.88 Å². The molecule has 10 heteroatoms. The molecule has 1 aliphatic heterocycles. The number of hydrogen-bond donors (Lipinski definition) is 2. The number of benzene rings is 1. The number of rotatable bonds is 8. The Labute approximate surface area is 162 Å². The quantitative estimate of drug-likeness (QED) is 0.646. The number of anilines is 1. The molecule has 0 aliphatic carbocycles. The van der Waals surface area contributed by atoms with E-state index >= 15 is 0 Å². The first-order valence-corrected chi connectivity index (χ1v) is 10.1. The molecule has 144 valence electrons. The number of hydrogen-bond acceptors (Lipinski definition) is 6. The fraction of sp³-hybridized carbons (Fsp3) is 0.353. The Morgan fingerprint density at radius 3 is 2.81 bits per heavy atom. The monoisotopic (exact) mass is 413 g/mol. The minimum absolute atomic E-state index is 0.00164. The van der Waals surface area contributed by atoms with Crippen molar-refractivity contribution in [3.8, 4) is 0 Å². The standard InChI is InChI=1S/C17H17F2N3O3S2/c18-11-2-1-3-12(19)15(11)20-8-10-4-5-14(23)22(10)6-7-26-17-21-13(9-27-17)16(24)25/h1-3,9-10,20H,4-8H2,(H,24,25). The number of amides is 1. The fourth-order valence-corrected chi connectivity index (χ4v) is 4.66. The Morgan fingerprint density at radius 1 is 1.41 bits per heavy atom.